The summed E-state index contributed by atoms with van der Waals surface area (Å²) in [5, 5.41) is 4.60. The first-order valence-electron chi connectivity index (χ1n) is 14.0. The Balaban J connectivity index is 1.55. The Kier molecular flexibility index (Phi) is 7.24. The van der Waals surface area contributed by atoms with Crippen molar-refractivity contribution in [1.29, 1.82) is 0 Å². The van der Waals surface area contributed by atoms with Crippen molar-refractivity contribution in [2.75, 3.05) is 0 Å². The van der Waals surface area contributed by atoms with E-state index in [-0.39, 0.29) is 0 Å². The largest absolute Gasteiger partial charge is 0.338 e. The number of fused-ring (bicyclic) bond motifs is 9. The number of aromatic nitrogens is 2. The van der Waals surface area contributed by atoms with Gasteiger partial charge < -0.3 is 9.13 Å². The first-order valence-corrected chi connectivity index (χ1v) is 17.4. The van der Waals surface area contributed by atoms with E-state index < -0.39 is 0 Å². The van der Waals surface area contributed by atoms with Crippen molar-refractivity contribution >= 4 is 95.6 Å². The summed E-state index contributed by atoms with van der Waals surface area (Å²) in [4.78, 5) is 0. The summed E-state index contributed by atoms with van der Waals surface area (Å²) in [5.74, 6) is 1.52. The van der Waals surface area contributed by atoms with E-state index in [1.54, 1.807) is 9.40 Å². The summed E-state index contributed by atoms with van der Waals surface area (Å²) in [5.41, 5.74) is 5.99. The molecule has 0 aliphatic heterocycles. The van der Waals surface area contributed by atoms with Crippen LogP contribution in [-0.4, -0.2) is 9.13 Å². The lowest BCUT2D eigenvalue weighted by Crippen LogP contribution is -2.10. The molecular weight excluding hydrogens is 517 g/mol. The fourth-order valence-electron chi connectivity index (χ4n) is 6.05. The molecule has 0 aliphatic rings. The predicted molar refractivity (Wildman–Crippen MR) is 168 cm³/mol. The van der Waals surface area contributed by atoms with Crippen LogP contribution in [0, 0.1) is 11.8 Å². The molecular formula is C30H38N2S4. The average molecular weight is 555 g/mol. The van der Waals surface area contributed by atoms with Gasteiger partial charge in [0.1, 0.15) is 0 Å². The van der Waals surface area contributed by atoms with Crippen LogP contribution in [0.2, 0.25) is 0 Å². The lowest BCUT2D eigenvalue weighted by Gasteiger charge is -2.17. The number of thiophene rings is 4. The second-order valence-electron chi connectivity index (χ2n) is 10.5. The zero-order valence-electron chi connectivity index (χ0n) is 22.1. The molecule has 0 unspecified atom stereocenters. The highest BCUT2D eigenvalue weighted by molar-refractivity contribution is 7.39. The molecule has 2 nitrogen and oxygen atoms in total. The van der Waals surface area contributed by atoms with Crippen LogP contribution in [0.3, 0.4) is 0 Å². The molecule has 0 saturated heterocycles. The fraction of sp³-hybridized carbons (Fsp3) is 0.533. The Labute approximate surface area is 230 Å². The van der Waals surface area contributed by atoms with E-state index >= 15 is 0 Å². The summed E-state index contributed by atoms with van der Waals surface area (Å²) in [7, 11) is 0. The van der Waals surface area contributed by atoms with E-state index in [1.807, 2.05) is 22.7 Å². The van der Waals surface area contributed by atoms with Gasteiger partial charge >= 0.3 is 0 Å². The van der Waals surface area contributed by atoms with Gasteiger partial charge in [0, 0.05) is 13.1 Å². The first kappa shape index (κ1) is 25.0. The van der Waals surface area contributed by atoms with Gasteiger partial charge in [0.05, 0.1) is 50.3 Å². The second-order valence-corrected chi connectivity index (χ2v) is 14.4. The van der Waals surface area contributed by atoms with E-state index in [1.165, 1.54) is 92.2 Å². The molecule has 0 aromatic carbocycles. The highest BCUT2D eigenvalue weighted by Gasteiger charge is 2.26. The Morgan fingerprint density at radius 1 is 0.611 bits per heavy atom. The molecule has 6 heteroatoms. The molecule has 0 spiro atoms. The summed E-state index contributed by atoms with van der Waals surface area (Å²) in [6.07, 6.45) is 10.5. The van der Waals surface area contributed by atoms with Gasteiger partial charge in [-0.05, 0) is 47.6 Å². The number of hydrogen-bond donors (Lipinski definition) is 0. The molecule has 6 rings (SSSR count). The summed E-state index contributed by atoms with van der Waals surface area (Å²) in [6, 6.07) is 4.74. The van der Waals surface area contributed by atoms with E-state index in [9.17, 15) is 0 Å². The van der Waals surface area contributed by atoms with Crippen molar-refractivity contribution in [3.63, 3.8) is 0 Å². The first-order chi connectivity index (χ1) is 17.7. The molecule has 36 heavy (non-hydrogen) atoms. The van der Waals surface area contributed by atoms with Gasteiger partial charge in [-0.15, -0.1) is 45.3 Å². The maximum atomic E-state index is 2.71. The van der Waals surface area contributed by atoms with Crippen LogP contribution < -0.4 is 0 Å². The van der Waals surface area contributed by atoms with Crippen molar-refractivity contribution < 1.29 is 0 Å². The quantitative estimate of drug-likeness (QED) is 0.142. The van der Waals surface area contributed by atoms with Gasteiger partial charge in [-0.1, -0.05) is 66.2 Å². The number of rotatable bonds is 12. The Morgan fingerprint density at radius 3 is 1.42 bits per heavy atom. The Hall–Kier alpha value is -1.34. The van der Waals surface area contributed by atoms with E-state index in [0.717, 1.165) is 24.9 Å². The lowest BCUT2D eigenvalue weighted by atomic mass is 9.99. The molecule has 0 bridgehead atoms. The minimum Gasteiger partial charge on any atom is -0.338 e. The van der Waals surface area contributed by atoms with Crippen LogP contribution in [0.15, 0.2) is 22.9 Å². The second kappa shape index (κ2) is 10.4. The van der Waals surface area contributed by atoms with Gasteiger partial charge in [-0.2, -0.15) is 0 Å². The molecule has 0 amide bonds. The Morgan fingerprint density at radius 2 is 1.03 bits per heavy atom. The topological polar surface area (TPSA) is 9.86 Å². The van der Waals surface area contributed by atoms with Crippen LogP contribution in [0.1, 0.15) is 79.1 Å². The SMILES string of the molecule is CCCC[C@@H](CC)Cn1c2ccsc2c2sc3c(sc4c5sccc5n(C[C@@H](CC)CCCC)c43)c21. The summed E-state index contributed by atoms with van der Waals surface area (Å²) >= 11 is 8.02. The van der Waals surface area contributed by atoms with Gasteiger partial charge in [0.15, 0.2) is 0 Å². The monoisotopic (exact) mass is 554 g/mol. The van der Waals surface area contributed by atoms with E-state index in [4.69, 9.17) is 0 Å². The molecule has 0 aliphatic carbocycles. The van der Waals surface area contributed by atoms with Gasteiger partial charge in [0.25, 0.3) is 0 Å². The van der Waals surface area contributed by atoms with E-state index in [0.29, 0.717) is 0 Å². The van der Waals surface area contributed by atoms with Crippen molar-refractivity contribution in [2.45, 2.75) is 92.2 Å². The molecule has 6 aromatic heterocycles. The Bertz CT molecular complexity index is 1490. The predicted octanol–water partition coefficient (Wildman–Crippen LogP) is 11.7. The van der Waals surface area contributed by atoms with Gasteiger partial charge in [-0.25, -0.2) is 0 Å². The van der Waals surface area contributed by atoms with E-state index in [2.05, 4.69) is 82.4 Å². The maximum absolute atomic E-state index is 2.71. The van der Waals surface area contributed by atoms with Crippen LogP contribution in [0.25, 0.3) is 50.3 Å². The third kappa shape index (κ3) is 3.98. The third-order valence-corrected chi connectivity index (χ3v) is 12.9. The minimum atomic E-state index is 0.759. The highest BCUT2D eigenvalue weighted by Crippen LogP contribution is 2.52. The molecule has 6 heterocycles. The molecule has 0 saturated carbocycles. The zero-order valence-corrected chi connectivity index (χ0v) is 25.3. The van der Waals surface area contributed by atoms with Crippen LogP contribution in [0.4, 0.5) is 0 Å². The maximum Gasteiger partial charge on any atom is 0.0792 e. The summed E-state index contributed by atoms with van der Waals surface area (Å²) < 4.78 is 14.6. The molecule has 0 N–H and O–H groups in total. The lowest BCUT2D eigenvalue weighted by molar-refractivity contribution is 0.401. The zero-order chi connectivity index (χ0) is 24.8. The van der Waals surface area contributed by atoms with Gasteiger partial charge in [0.2, 0.25) is 0 Å². The molecule has 0 radical (unpaired) electrons. The third-order valence-electron chi connectivity index (χ3n) is 8.27. The minimum absolute atomic E-state index is 0.759. The van der Waals surface area contributed by atoms with Crippen molar-refractivity contribution in [3.8, 4) is 0 Å². The van der Waals surface area contributed by atoms with Crippen molar-refractivity contribution in [2.24, 2.45) is 11.8 Å². The average Bonchev–Trinajstić information content (AvgIpc) is 3.70. The smallest absolute Gasteiger partial charge is 0.0792 e. The van der Waals surface area contributed by atoms with Crippen LogP contribution in [0.5, 0.6) is 0 Å². The highest BCUT2D eigenvalue weighted by atomic mass is 32.1. The summed E-state index contributed by atoms with van der Waals surface area (Å²) in [6.45, 7) is 11.7. The van der Waals surface area contributed by atoms with Crippen LogP contribution in [-0.2, 0) is 13.1 Å². The number of nitrogens with zero attached hydrogens (tertiary/aromatic N) is 2. The normalized spacial score (nSPS) is 14.4. The molecule has 2 atom stereocenters. The fourth-order valence-corrected chi connectivity index (χ4v) is 11.1. The van der Waals surface area contributed by atoms with Crippen molar-refractivity contribution in [1.82, 2.24) is 9.13 Å². The molecule has 6 aromatic rings. The number of unbranched alkanes of at least 4 members (excludes halogenated alkanes) is 2. The van der Waals surface area contributed by atoms with Crippen molar-refractivity contribution in [3.05, 3.63) is 22.9 Å². The van der Waals surface area contributed by atoms with Gasteiger partial charge in [-0.3, -0.25) is 0 Å². The molecule has 0 fully saturated rings. The number of hydrogen-bond acceptors (Lipinski definition) is 4. The standard InChI is InChI=1S/C30H38N2S4/c1-5-9-11-19(7-3)17-31-21-13-15-33-25(21)27-23(31)29-30(35-27)24-28(36-29)26-22(14-16-34-26)32(24)18-20(8-4)12-10-6-2/h13-16,19-20H,5-12,17-18H2,1-4H3/t19-,20+. The van der Waals surface area contributed by atoms with Crippen LogP contribution >= 0.6 is 45.3 Å². The molecule has 192 valence electrons.